The topological polar surface area (TPSA) is 123 Å². The number of benzene rings is 2. The molecule has 2 aromatic carbocycles. The second-order valence-corrected chi connectivity index (χ2v) is 9.72. The maximum Gasteiger partial charge on any atom is 0.274 e. The van der Waals surface area contributed by atoms with E-state index in [9.17, 15) is 14.7 Å². The van der Waals surface area contributed by atoms with Gasteiger partial charge >= 0.3 is 0 Å². The minimum atomic E-state index is -0.811. The van der Waals surface area contributed by atoms with Crippen molar-refractivity contribution in [3.63, 3.8) is 0 Å². The zero-order valence-corrected chi connectivity index (χ0v) is 21.5. The molecule has 3 aromatic rings. The van der Waals surface area contributed by atoms with E-state index in [-0.39, 0.29) is 55.8 Å². The van der Waals surface area contributed by atoms with Crippen LogP contribution in [-0.4, -0.2) is 75.9 Å². The first-order chi connectivity index (χ1) is 19.0. The summed E-state index contributed by atoms with van der Waals surface area (Å²) in [5, 5.41) is 13.3. The van der Waals surface area contributed by atoms with Crippen molar-refractivity contribution >= 4 is 11.8 Å². The normalized spacial score (nSPS) is 23.2. The molecule has 10 heteroatoms. The highest BCUT2D eigenvalue weighted by Crippen LogP contribution is 2.28. The third-order valence-electron chi connectivity index (χ3n) is 6.83. The summed E-state index contributed by atoms with van der Waals surface area (Å²) in [5.41, 5.74) is 1.17. The minimum Gasteiger partial charge on any atom is -0.457 e. The summed E-state index contributed by atoms with van der Waals surface area (Å²) in [6.07, 6.45) is 4.29. The van der Waals surface area contributed by atoms with Crippen molar-refractivity contribution in [3.05, 3.63) is 84.4 Å². The molecule has 3 heterocycles. The molecule has 2 amide bonds. The highest BCUT2D eigenvalue weighted by Gasteiger charge is 2.40. The first-order valence-electron chi connectivity index (χ1n) is 13.1. The van der Waals surface area contributed by atoms with Crippen molar-refractivity contribution in [1.82, 2.24) is 20.2 Å². The van der Waals surface area contributed by atoms with E-state index < -0.39 is 12.2 Å². The number of aliphatic hydroxyl groups excluding tert-OH is 1. The number of rotatable bonds is 7. The summed E-state index contributed by atoms with van der Waals surface area (Å²) < 4.78 is 17.7. The van der Waals surface area contributed by atoms with E-state index in [1.807, 2.05) is 54.6 Å². The molecule has 2 aliphatic heterocycles. The molecule has 0 spiro atoms. The number of nitrogens with zero attached hydrogens (tertiary/aromatic N) is 3. The summed E-state index contributed by atoms with van der Waals surface area (Å²) in [4.78, 5) is 35.6. The van der Waals surface area contributed by atoms with Crippen LogP contribution in [0.3, 0.4) is 0 Å². The van der Waals surface area contributed by atoms with E-state index in [1.54, 1.807) is 4.90 Å². The van der Waals surface area contributed by atoms with E-state index in [0.717, 1.165) is 17.1 Å². The van der Waals surface area contributed by atoms with Gasteiger partial charge in [-0.1, -0.05) is 30.3 Å². The summed E-state index contributed by atoms with van der Waals surface area (Å²) in [7, 11) is 0. The van der Waals surface area contributed by atoms with Crippen LogP contribution in [-0.2, 0) is 20.8 Å². The lowest BCUT2D eigenvalue weighted by atomic mass is 9.94. The Morgan fingerprint density at radius 2 is 1.82 bits per heavy atom. The Balaban J connectivity index is 1.13. The van der Waals surface area contributed by atoms with E-state index in [1.165, 1.54) is 18.6 Å². The summed E-state index contributed by atoms with van der Waals surface area (Å²) in [5.74, 6) is 1.07. The number of hydrogen-bond acceptors (Lipinski definition) is 8. The van der Waals surface area contributed by atoms with Crippen LogP contribution in [0.1, 0.15) is 35.3 Å². The molecule has 1 aromatic heterocycles. The number of aromatic nitrogens is 2. The molecule has 2 saturated heterocycles. The molecule has 4 atom stereocenters. The van der Waals surface area contributed by atoms with E-state index in [2.05, 4.69) is 15.3 Å². The quantitative estimate of drug-likeness (QED) is 0.476. The Bertz CT molecular complexity index is 1230. The van der Waals surface area contributed by atoms with Gasteiger partial charge in [0.25, 0.3) is 5.91 Å². The van der Waals surface area contributed by atoms with Crippen LogP contribution in [0.5, 0.6) is 11.5 Å². The number of hydrogen-bond donors (Lipinski definition) is 2. The minimum absolute atomic E-state index is 0.0944. The summed E-state index contributed by atoms with van der Waals surface area (Å²) in [6, 6.07) is 16.8. The maximum atomic E-state index is 13.2. The lowest BCUT2D eigenvalue weighted by molar-refractivity contribution is -0.151. The summed E-state index contributed by atoms with van der Waals surface area (Å²) in [6.45, 7) is 0.823. The molecule has 0 aliphatic carbocycles. The van der Waals surface area contributed by atoms with Crippen LogP contribution in [0.25, 0.3) is 0 Å². The second kappa shape index (κ2) is 12.8. The monoisotopic (exact) mass is 532 g/mol. The van der Waals surface area contributed by atoms with Crippen molar-refractivity contribution < 1.29 is 28.9 Å². The van der Waals surface area contributed by atoms with Crippen LogP contribution < -0.4 is 10.1 Å². The van der Waals surface area contributed by atoms with Gasteiger partial charge in [0.1, 0.15) is 23.3 Å². The molecular weight excluding hydrogens is 500 g/mol. The number of aliphatic hydroxyl groups is 1. The number of para-hydroxylation sites is 1. The third-order valence-corrected chi connectivity index (χ3v) is 6.83. The van der Waals surface area contributed by atoms with Crippen LogP contribution in [0.2, 0.25) is 0 Å². The fraction of sp³-hybridized carbons (Fsp3) is 0.379. The smallest absolute Gasteiger partial charge is 0.274 e. The molecule has 0 bridgehead atoms. The molecular formula is C29H32N4O6. The van der Waals surface area contributed by atoms with Gasteiger partial charge in [-0.3, -0.25) is 14.6 Å². The van der Waals surface area contributed by atoms with Crippen molar-refractivity contribution in [2.75, 3.05) is 19.8 Å². The van der Waals surface area contributed by atoms with Crippen molar-refractivity contribution in [2.45, 2.75) is 50.2 Å². The van der Waals surface area contributed by atoms with E-state index in [0.29, 0.717) is 19.4 Å². The van der Waals surface area contributed by atoms with Crippen molar-refractivity contribution in [2.24, 2.45) is 0 Å². The van der Waals surface area contributed by atoms with Crippen LogP contribution in [0.15, 0.2) is 73.2 Å². The predicted molar refractivity (Wildman–Crippen MR) is 141 cm³/mol. The number of carbonyl (C=O) groups excluding carboxylic acids is 2. The average molecular weight is 533 g/mol. The van der Waals surface area contributed by atoms with Gasteiger partial charge in [-0.05, 0) is 42.7 Å². The highest BCUT2D eigenvalue weighted by molar-refractivity contribution is 5.92. The molecule has 204 valence electrons. The van der Waals surface area contributed by atoms with E-state index >= 15 is 0 Å². The zero-order chi connectivity index (χ0) is 27.0. The molecule has 10 nitrogen and oxygen atoms in total. The second-order valence-electron chi connectivity index (χ2n) is 9.72. The number of amides is 2. The third kappa shape index (κ3) is 7.17. The largest absolute Gasteiger partial charge is 0.457 e. The van der Waals surface area contributed by atoms with Gasteiger partial charge in [0.2, 0.25) is 5.91 Å². The number of carbonyl (C=O) groups is 2. The number of nitrogens with one attached hydrogen (secondary N) is 1. The van der Waals surface area contributed by atoms with Crippen molar-refractivity contribution in [3.8, 4) is 11.5 Å². The molecule has 39 heavy (non-hydrogen) atoms. The van der Waals surface area contributed by atoms with Gasteiger partial charge in [-0.15, -0.1) is 0 Å². The van der Waals surface area contributed by atoms with Gasteiger partial charge in [-0.2, -0.15) is 0 Å². The molecule has 0 unspecified atom stereocenters. The van der Waals surface area contributed by atoms with Crippen LogP contribution in [0.4, 0.5) is 0 Å². The highest BCUT2D eigenvalue weighted by atomic mass is 16.5. The van der Waals surface area contributed by atoms with Gasteiger partial charge < -0.3 is 29.5 Å². The van der Waals surface area contributed by atoms with E-state index in [4.69, 9.17) is 14.2 Å². The SMILES string of the molecule is O=C(C[C@H]1CC[C@H]2[C@@H](COC[C@@H](O)CN2C(=O)c2cnccn2)O1)NCc1ccc(Oc2ccccc2)cc1. The standard InChI is InChI=1S/C29H32N4O6/c34-21-17-33(29(36)25-16-30-12-13-31-25)26-11-10-24(39-27(26)19-37-18-21)14-28(35)32-15-20-6-8-23(9-7-20)38-22-4-2-1-3-5-22/h1-9,12-13,16,21,24,26-27,34H,10-11,14-15,17-19H2,(H,32,35)/t21-,24+,26-,27+/m0/s1. The lowest BCUT2D eigenvalue weighted by Crippen LogP contribution is -2.57. The Hall–Kier alpha value is -3.86. The first-order valence-corrected chi connectivity index (χ1v) is 13.1. The molecule has 0 radical (unpaired) electrons. The molecule has 5 rings (SSSR count). The molecule has 2 fully saturated rings. The van der Waals surface area contributed by atoms with Gasteiger partial charge in [0.15, 0.2) is 0 Å². The first kappa shape index (κ1) is 26.7. The average Bonchev–Trinajstić information content (AvgIpc) is 2.96. The Morgan fingerprint density at radius 1 is 1.03 bits per heavy atom. The van der Waals surface area contributed by atoms with Gasteiger partial charge in [0, 0.05) is 25.5 Å². The summed E-state index contributed by atoms with van der Waals surface area (Å²) >= 11 is 0. The molecule has 2 aliphatic rings. The zero-order valence-electron chi connectivity index (χ0n) is 21.5. The molecule has 2 N–H and O–H groups in total. The Morgan fingerprint density at radius 3 is 2.59 bits per heavy atom. The predicted octanol–water partition coefficient (Wildman–Crippen LogP) is 2.72. The number of fused-ring (bicyclic) bond motifs is 1. The fourth-order valence-electron chi connectivity index (χ4n) is 4.91. The van der Waals surface area contributed by atoms with Crippen LogP contribution in [0, 0.1) is 0 Å². The maximum absolute atomic E-state index is 13.2. The van der Waals surface area contributed by atoms with Crippen LogP contribution >= 0.6 is 0 Å². The Labute approximate surface area is 226 Å². The number of ether oxygens (including phenoxy) is 3. The van der Waals surface area contributed by atoms with Crippen molar-refractivity contribution in [1.29, 1.82) is 0 Å². The van der Waals surface area contributed by atoms with Gasteiger partial charge in [-0.25, -0.2) is 4.98 Å². The fourth-order valence-corrected chi connectivity index (χ4v) is 4.91. The number of β-amino-alcohol motifs (C(OH)–C–C–N with tert-alkyl or cyclic N) is 1. The molecule has 0 saturated carbocycles. The Kier molecular flexibility index (Phi) is 8.77. The lowest BCUT2D eigenvalue weighted by Gasteiger charge is -2.44. The van der Waals surface area contributed by atoms with Gasteiger partial charge in [0.05, 0.1) is 44.1 Å².